The highest BCUT2D eigenvalue weighted by molar-refractivity contribution is 7.98. The largest absolute Gasteiger partial charge is 0.268 e. The van der Waals surface area contributed by atoms with E-state index < -0.39 is 0 Å². The minimum absolute atomic E-state index is 0.187. The van der Waals surface area contributed by atoms with Gasteiger partial charge >= 0.3 is 0 Å². The summed E-state index contributed by atoms with van der Waals surface area (Å²) in [6.45, 7) is 1.81. The third-order valence-corrected chi connectivity index (χ3v) is 6.35. The molecule has 0 fully saturated rings. The maximum atomic E-state index is 13.3. The van der Waals surface area contributed by atoms with Gasteiger partial charge in [-0.05, 0) is 36.9 Å². The standard InChI is InChI=1S/C19H13ClN6OS2/c1-10-15-13(26-17(22-10)23-18(24-26)28-2)7-8-25(16(15)27)19-21-9-14(29-19)11-3-5-12(20)6-4-11/h3-9H,1-2H3. The Hall–Kier alpha value is -2.75. The monoisotopic (exact) mass is 440 g/mol. The van der Waals surface area contributed by atoms with Gasteiger partial charge < -0.3 is 0 Å². The number of fused-ring (bicyclic) bond motifs is 3. The van der Waals surface area contributed by atoms with Gasteiger partial charge in [0.1, 0.15) is 0 Å². The summed E-state index contributed by atoms with van der Waals surface area (Å²) in [5.41, 5.74) is 2.10. The molecular formula is C19H13ClN6OS2. The van der Waals surface area contributed by atoms with Gasteiger partial charge in [-0.15, -0.1) is 5.10 Å². The molecule has 0 saturated heterocycles. The zero-order valence-electron chi connectivity index (χ0n) is 15.3. The fourth-order valence-corrected chi connectivity index (χ4v) is 4.49. The number of rotatable bonds is 3. The number of aromatic nitrogens is 6. The number of nitrogens with zero attached hydrogens (tertiary/aromatic N) is 6. The summed E-state index contributed by atoms with van der Waals surface area (Å²) in [5, 5.41) is 6.81. The molecular weight excluding hydrogens is 428 g/mol. The molecule has 0 amide bonds. The van der Waals surface area contributed by atoms with E-state index in [1.165, 1.54) is 23.1 Å². The van der Waals surface area contributed by atoms with Gasteiger partial charge in [0.15, 0.2) is 5.13 Å². The molecule has 4 aromatic heterocycles. The van der Waals surface area contributed by atoms with Crippen molar-refractivity contribution in [1.29, 1.82) is 0 Å². The van der Waals surface area contributed by atoms with Crippen molar-refractivity contribution in [3.63, 3.8) is 0 Å². The fourth-order valence-electron chi connectivity index (χ4n) is 3.13. The second-order valence-electron chi connectivity index (χ2n) is 6.27. The van der Waals surface area contributed by atoms with Gasteiger partial charge in [-0.2, -0.15) is 9.50 Å². The maximum Gasteiger partial charge on any atom is 0.268 e. The lowest BCUT2D eigenvalue weighted by molar-refractivity contribution is 0.900. The molecule has 0 saturated carbocycles. The summed E-state index contributed by atoms with van der Waals surface area (Å²) in [7, 11) is 0. The molecule has 0 aliphatic heterocycles. The third kappa shape index (κ3) is 3.02. The van der Waals surface area contributed by atoms with Gasteiger partial charge in [-0.1, -0.05) is 46.8 Å². The number of hydrogen-bond donors (Lipinski definition) is 0. The van der Waals surface area contributed by atoms with Crippen LogP contribution in [0.4, 0.5) is 0 Å². The molecule has 0 aliphatic rings. The first kappa shape index (κ1) is 18.3. The van der Waals surface area contributed by atoms with Gasteiger partial charge in [0, 0.05) is 17.4 Å². The molecule has 0 unspecified atom stereocenters. The van der Waals surface area contributed by atoms with Crippen molar-refractivity contribution in [2.45, 2.75) is 12.1 Å². The molecule has 10 heteroatoms. The maximum absolute atomic E-state index is 13.3. The fraction of sp³-hybridized carbons (Fsp3) is 0.105. The van der Waals surface area contributed by atoms with E-state index >= 15 is 0 Å². The molecule has 0 N–H and O–H groups in total. The number of pyridine rings is 1. The van der Waals surface area contributed by atoms with Crippen LogP contribution in [0.5, 0.6) is 0 Å². The lowest BCUT2D eigenvalue weighted by atomic mass is 10.2. The highest BCUT2D eigenvalue weighted by Gasteiger charge is 2.16. The van der Waals surface area contributed by atoms with Crippen LogP contribution >= 0.6 is 34.7 Å². The number of aryl methyl sites for hydroxylation is 1. The van der Waals surface area contributed by atoms with Crippen molar-refractivity contribution >= 4 is 51.4 Å². The van der Waals surface area contributed by atoms with E-state index in [0.717, 1.165) is 10.4 Å². The third-order valence-electron chi connectivity index (χ3n) is 4.51. The molecule has 7 nitrogen and oxygen atoms in total. The topological polar surface area (TPSA) is 78.0 Å². The van der Waals surface area contributed by atoms with E-state index in [-0.39, 0.29) is 5.56 Å². The van der Waals surface area contributed by atoms with Crippen LogP contribution in [0, 0.1) is 6.92 Å². The Morgan fingerprint density at radius 3 is 2.69 bits per heavy atom. The van der Waals surface area contributed by atoms with Crippen molar-refractivity contribution in [2.24, 2.45) is 0 Å². The first-order valence-corrected chi connectivity index (χ1v) is 11.0. The Morgan fingerprint density at radius 2 is 1.93 bits per heavy atom. The van der Waals surface area contributed by atoms with E-state index in [1.807, 2.05) is 43.5 Å². The highest BCUT2D eigenvalue weighted by Crippen LogP contribution is 2.29. The Morgan fingerprint density at radius 1 is 1.14 bits per heavy atom. The van der Waals surface area contributed by atoms with Crippen molar-refractivity contribution in [1.82, 2.24) is 29.1 Å². The van der Waals surface area contributed by atoms with Crippen molar-refractivity contribution in [3.8, 4) is 15.6 Å². The molecule has 4 heterocycles. The molecule has 0 aliphatic carbocycles. The Labute approximate surface area is 178 Å². The normalized spacial score (nSPS) is 11.6. The predicted octanol–water partition coefficient (Wildman–Crippen LogP) is 4.24. The number of halogens is 1. The first-order chi connectivity index (χ1) is 14.0. The first-order valence-electron chi connectivity index (χ1n) is 8.60. The predicted molar refractivity (Wildman–Crippen MR) is 117 cm³/mol. The van der Waals surface area contributed by atoms with Gasteiger partial charge in [0.05, 0.1) is 21.5 Å². The second kappa shape index (κ2) is 6.94. The summed E-state index contributed by atoms with van der Waals surface area (Å²) in [5.74, 6) is 0.482. The van der Waals surface area contributed by atoms with Crippen LogP contribution < -0.4 is 5.56 Å². The molecule has 0 radical (unpaired) electrons. The SMILES string of the molecule is CSc1nc2nc(C)c3c(=O)n(-c4ncc(-c5ccc(Cl)cc5)s4)ccc3n2n1. The molecule has 0 bridgehead atoms. The Balaban J connectivity index is 1.67. The van der Waals surface area contributed by atoms with Crippen molar-refractivity contribution in [3.05, 3.63) is 63.8 Å². The van der Waals surface area contributed by atoms with E-state index in [1.54, 1.807) is 21.5 Å². The van der Waals surface area contributed by atoms with E-state index in [0.29, 0.717) is 37.7 Å². The lowest BCUT2D eigenvalue weighted by Gasteiger charge is -2.06. The van der Waals surface area contributed by atoms with Crippen molar-refractivity contribution < 1.29 is 0 Å². The summed E-state index contributed by atoms with van der Waals surface area (Å²) < 4.78 is 3.15. The molecule has 29 heavy (non-hydrogen) atoms. The summed E-state index contributed by atoms with van der Waals surface area (Å²) in [6, 6.07) is 9.38. The molecule has 0 atom stereocenters. The molecule has 5 aromatic rings. The summed E-state index contributed by atoms with van der Waals surface area (Å²) >= 11 is 8.83. The lowest BCUT2D eigenvalue weighted by Crippen LogP contribution is -2.20. The Kier molecular flexibility index (Phi) is 4.38. The zero-order valence-corrected chi connectivity index (χ0v) is 17.7. The van der Waals surface area contributed by atoms with Crippen LogP contribution in [-0.4, -0.2) is 35.4 Å². The van der Waals surface area contributed by atoms with E-state index in [4.69, 9.17) is 11.6 Å². The van der Waals surface area contributed by atoms with Gasteiger partial charge in [0.25, 0.3) is 11.3 Å². The summed E-state index contributed by atoms with van der Waals surface area (Å²) in [4.78, 5) is 27.5. The van der Waals surface area contributed by atoms with Crippen LogP contribution in [0.15, 0.2) is 52.7 Å². The van der Waals surface area contributed by atoms with Crippen LogP contribution in [0.1, 0.15) is 5.69 Å². The molecule has 1 aromatic carbocycles. The van der Waals surface area contributed by atoms with Gasteiger partial charge in [0.2, 0.25) is 5.16 Å². The average Bonchev–Trinajstić information content (AvgIpc) is 3.35. The van der Waals surface area contributed by atoms with E-state index in [9.17, 15) is 4.79 Å². The smallest absolute Gasteiger partial charge is 0.268 e. The second-order valence-corrected chi connectivity index (χ2v) is 8.49. The number of hydrogen-bond acceptors (Lipinski definition) is 7. The summed E-state index contributed by atoms with van der Waals surface area (Å²) in [6.07, 6.45) is 5.38. The number of benzene rings is 1. The minimum Gasteiger partial charge on any atom is -0.268 e. The van der Waals surface area contributed by atoms with Gasteiger partial charge in [-0.3, -0.25) is 9.36 Å². The van der Waals surface area contributed by atoms with Crippen LogP contribution in [-0.2, 0) is 0 Å². The van der Waals surface area contributed by atoms with Crippen LogP contribution in [0.3, 0.4) is 0 Å². The highest BCUT2D eigenvalue weighted by atomic mass is 35.5. The number of thioether (sulfide) groups is 1. The van der Waals surface area contributed by atoms with Gasteiger partial charge in [-0.25, -0.2) is 9.97 Å². The quantitative estimate of drug-likeness (QED) is 0.390. The zero-order chi connectivity index (χ0) is 20.1. The minimum atomic E-state index is -0.187. The van der Waals surface area contributed by atoms with E-state index in [2.05, 4.69) is 20.1 Å². The Bertz CT molecular complexity index is 1440. The average molecular weight is 441 g/mol. The number of thiazole rings is 1. The molecule has 5 rings (SSSR count). The molecule has 0 spiro atoms. The van der Waals surface area contributed by atoms with Crippen LogP contribution in [0.2, 0.25) is 5.02 Å². The van der Waals surface area contributed by atoms with Crippen molar-refractivity contribution in [2.75, 3.05) is 6.26 Å². The molecule has 144 valence electrons. The van der Waals surface area contributed by atoms with Crippen LogP contribution in [0.25, 0.3) is 32.3 Å².